The molecule has 0 unspecified atom stereocenters. The van der Waals surface area contributed by atoms with Crippen molar-refractivity contribution in [3.05, 3.63) is 105 Å². The summed E-state index contributed by atoms with van der Waals surface area (Å²) in [5, 5.41) is 0.780. The fourth-order valence-corrected chi connectivity index (χ4v) is 4.28. The first-order valence-corrected chi connectivity index (χ1v) is 10.5. The van der Waals surface area contributed by atoms with Gasteiger partial charge < -0.3 is 4.90 Å². The van der Waals surface area contributed by atoms with Crippen molar-refractivity contribution in [3.8, 4) is 0 Å². The zero-order valence-electron chi connectivity index (χ0n) is 17.1. The number of carbonyl (C=O) groups excluding carboxylic acids is 2. The van der Waals surface area contributed by atoms with Crippen LogP contribution in [0.2, 0.25) is 10.0 Å². The Morgan fingerprint density at radius 1 is 0.871 bits per heavy atom. The number of anilines is 1. The average Bonchev–Trinajstić information content (AvgIpc) is 2.99. The lowest BCUT2D eigenvalue weighted by molar-refractivity contribution is -0.120. The van der Waals surface area contributed by atoms with Crippen molar-refractivity contribution in [2.45, 2.75) is 13.5 Å². The SMILES string of the molecule is Cc1ccccc1N1C(=O)C(c2ccc(Cl)cc2Cl)=C(N(C)Cc2ccccc2)C1=O. The molecule has 0 aliphatic carbocycles. The molecule has 0 saturated carbocycles. The maximum Gasteiger partial charge on any atom is 0.282 e. The highest BCUT2D eigenvalue weighted by Crippen LogP contribution is 2.39. The van der Waals surface area contributed by atoms with Crippen LogP contribution in [0, 0.1) is 6.92 Å². The predicted octanol–water partition coefficient (Wildman–Crippen LogP) is 5.72. The molecule has 0 bridgehead atoms. The molecule has 1 aliphatic rings. The Morgan fingerprint density at radius 2 is 1.55 bits per heavy atom. The second-order valence-corrected chi connectivity index (χ2v) is 8.27. The topological polar surface area (TPSA) is 40.6 Å². The van der Waals surface area contributed by atoms with Crippen LogP contribution in [0.1, 0.15) is 16.7 Å². The third-order valence-corrected chi connectivity index (χ3v) is 5.81. The lowest BCUT2D eigenvalue weighted by Gasteiger charge is -2.22. The molecule has 156 valence electrons. The number of imide groups is 1. The van der Waals surface area contributed by atoms with E-state index >= 15 is 0 Å². The molecular weight excluding hydrogens is 431 g/mol. The van der Waals surface area contributed by atoms with Crippen LogP contribution in [0.4, 0.5) is 5.69 Å². The second kappa shape index (κ2) is 8.58. The van der Waals surface area contributed by atoms with Crippen LogP contribution in [-0.4, -0.2) is 23.8 Å². The van der Waals surface area contributed by atoms with Crippen LogP contribution in [0.5, 0.6) is 0 Å². The molecule has 0 radical (unpaired) electrons. The Labute approximate surface area is 191 Å². The zero-order valence-corrected chi connectivity index (χ0v) is 18.6. The van der Waals surface area contributed by atoms with Crippen molar-refractivity contribution < 1.29 is 9.59 Å². The minimum absolute atomic E-state index is 0.272. The van der Waals surface area contributed by atoms with E-state index in [9.17, 15) is 9.59 Å². The van der Waals surface area contributed by atoms with Crippen LogP contribution in [0.3, 0.4) is 0 Å². The summed E-state index contributed by atoms with van der Waals surface area (Å²) in [5.74, 6) is -0.780. The predicted molar refractivity (Wildman–Crippen MR) is 125 cm³/mol. The molecular formula is C25H20Cl2N2O2. The third-order valence-electron chi connectivity index (χ3n) is 5.26. The highest BCUT2D eigenvalue weighted by atomic mass is 35.5. The van der Waals surface area contributed by atoms with Crippen molar-refractivity contribution >= 4 is 46.3 Å². The highest BCUT2D eigenvalue weighted by molar-refractivity contribution is 6.47. The average molecular weight is 451 g/mol. The monoisotopic (exact) mass is 450 g/mol. The number of likely N-dealkylation sites (N-methyl/N-ethyl adjacent to an activating group) is 1. The minimum Gasteiger partial charge on any atom is -0.365 e. The summed E-state index contributed by atoms with van der Waals surface area (Å²) in [6.45, 7) is 2.34. The Hall–Kier alpha value is -3.08. The number of halogens is 2. The number of hydrogen-bond donors (Lipinski definition) is 0. The molecule has 3 aromatic rings. The third kappa shape index (κ3) is 3.97. The second-order valence-electron chi connectivity index (χ2n) is 7.42. The Morgan fingerprint density at radius 3 is 2.23 bits per heavy atom. The Kier molecular flexibility index (Phi) is 5.86. The number of benzene rings is 3. The lowest BCUT2D eigenvalue weighted by Crippen LogP contribution is -2.34. The summed E-state index contributed by atoms with van der Waals surface area (Å²) in [6.07, 6.45) is 0. The largest absolute Gasteiger partial charge is 0.365 e. The van der Waals surface area contributed by atoms with Gasteiger partial charge in [0, 0.05) is 24.2 Å². The molecule has 31 heavy (non-hydrogen) atoms. The maximum atomic E-state index is 13.6. The standard InChI is InChI=1S/C25H20Cl2N2O2/c1-16-8-6-7-11-21(16)29-24(30)22(19-13-12-18(26)14-20(19)27)23(25(29)31)28(2)15-17-9-4-3-5-10-17/h3-14H,15H2,1-2H3. The molecule has 1 aliphatic heterocycles. The molecule has 1 heterocycles. The van der Waals surface area contributed by atoms with Gasteiger partial charge in [-0.1, -0.05) is 77.8 Å². The summed E-state index contributed by atoms with van der Waals surface area (Å²) >= 11 is 12.5. The van der Waals surface area contributed by atoms with E-state index in [0.717, 1.165) is 11.1 Å². The van der Waals surface area contributed by atoms with Crippen molar-refractivity contribution in [1.29, 1.82) is 0 Å². The number of rotatable bonds is 5. The normalized spacial score (nSPS) is 13.9. The highest BCUT2D eigenvalue weighted by Gasteiger charge is 2.42. The zero-order chi connectivity index (χ0) is 22.1. The lowest BCUT2D eigenvalue weighted by atomic mass is 10.0. The van der Waals surface area contributed by atoms with Crippen LogP contribution in [-0.2, 0) is 16.1 Å². The van der Waals surface area contributed by atoms with E-state index < -0.39 is 5.91 Å². The van der Waals surface area contributed by atoms with Crippen molar-refractivity contribution in [2.24, 2.45) is 0 Å². The molecule has 0 fully saturated rings. The molecule has 4 nitrogen and oxygen atoms in total. The van der Waals surface area contributed by atoms with Gasteiger partial charge in [0.2, 0.25) is 0 Å². The molecule has 0 N–H and O–H groups in total. The van der Waals surface area contributed by atoms with E-state index in [1.807, 2.05) is 55.5 Å². The van der Waals surface area contributed by atoms with Gasteiger partial charge in [-0.05, 0) is 36.2 Å². The van der Waals surface area contributed by atoms with Gasteiger partial charge in [0.1, 0.15) is 5.70 Å². The van der Waals surface area contributed by atoms with Crippen molar-refractivity contribution in [2.75, 3.05) is 11.9 Å². The number of hydrogen-bond acceptors (Lipinski definition) is 3. The van der Waals surface area contributed by atoms with Crippen LogP contribution in [0.15, 0.2) is 78.5 Å². The fourth-order valence-electron chi connectivity index (χ4n) is 3.78. The van der Waals surface area contributed by atoms with E-state index in [2.05, 4.69) is 0 Å². The van der Waals surface area contributed by atoms with E-state index in [4.69, 9.17) is 23.2 Å². The summed E-state index contributed by atoms with van der Waals surface area (Å²) in [7, 11) is 1.80. The molecule has 3 aromatic carbocycles. The van der Waals surface area contributed by atoms with Gasteiger partial charge in [0.05, 0.1) is 16.3 Å². The fraction of sp³-hybridized carbons (Fsp3) is 0.120. The molecule has 6 heteroatoms. The van der Waals surface area contributed by atoms with E-state index in [0.29, 0.717) is 33.5 Å². The molecule has 2 amide bonds. The van der Waals surface area contributed by atoms with E-state index in [-0.39, 0.29) is 11.5 Å². The molecule has 0 aromatic heterocycles. The Bertz CT molecular complexity index is 1210. The van der Waals surface area contributed by atoms with Gasteiger partial charge in [-0.15, -0.1) is 0 Å². The van der Waals surface area contributed by atoms with Gasteiger partial charge in [-0.3, -0.25) is 9.59 Å². The first kappa shape index (κ1) is 21.2. The maximum absolute atomic E-state index is 13.6. The first-order valence-electron chi connectivity index (χ1n) is 9.77. The quantitative estimate of drug-likeness (QED) is 0.466. The first-order chi connectivity index (χ1) is 14.9. The van der Waals surface area contributed by atoms with Gasteiger partial charge in [-0.2, -0.15) is 0 Å². The molecule has 4 rings (SSSR count). The molecule has 0 saturated heterocycles. The van der Waals surface area contributed by atoms with Crippen molar-refractivity contribution in [1.82, 2.24) is 4.90 Å². The molecule has 0 spiro atoms. The summed E-state index contributed by atoms with van der Waals surface area (Å²) in [4.78, 5) is 30.2. The number of para-hydroxylation sites is 1. The Balaban J connectivity index is 1.86. The van der Waals surface area contributed by atoms with Crippen LogP contribution in [0.25, 0.3) is 5.57 Å². The van der Waals surface area contributed by atoms with Crippen LogP contribution >= 0.6 is 23.2 Å². The van der Waals surface area contributed by atoms with E-state index in [1.165, 1.54) is 4.90 Å². The number of amides is 2. The van der Waals surface area contributed by atoms with Gasteiger partial charge in [0.15, 0.2) is 0 Å². The number of carbonyl (C=O) groups is 2. The smallest absolute Gasteiger partial charge is 0.282 e. The summed E-state index contributed by atoms with van der Waals surface area (Å²) in [5.41, 5.74) is 3.47. The van der Waals surface area contributed by atoms with Gasteiger partial charge in [-0.25, -0.2) is 4.90 Å². The van der Waals surface area contributed by atoms with Crippen LogP contribution < -0.4 is 4.90 Å². The number of aryl methyl sites for hydroxylation is 1. The van der Waals surface area contributed by atoms with E-state index in [1.54, 1.807) is 36.2 Å². The van der Waals surface area contributed by atoms with Crippen molar-refractivity contribution in [3.63, 3.8) is 0 Å². The summed E-state index contributed by atoms with van der Waals surface area (Å²) < 4.78 is 0. The molecule has 0 atom stereocenters. The van der Waals surface area contributed by atoms with Gasteiger partial charge in [0.25, 0.3) is 11.8 Å². The minimum atomic E-state index is -0.404. The van der Waals surface area contributed by atoms with Gasteiger partial charge >= 0.3 is 0 Å². The summed E-state index contributed by atoms with van der Waals surface area (Å²) in [6, 6.07) is 22.0. The number of nitrogens with zero attached hydrogens (tertiary/aromatic N) is 2.